The van der Waals surface area contributed by atoms with Gasteiger partial charge >= 0.3 is 11.9 Å². The monoisotopic (exact) mass is 303 g/mol. The third-order valence-corrected chi connectivity index (χ3v) is 2.59. The van der Waals surface area contributed by atoms with Crippen molar-refractivity contribution in [1.29, 1.82) is 0 Å². The normalized spacial score (nSPS) is 10.8. The number of carboxylic acids is 1. The Hall–Kier alpha value is -2.32. The lowest BCUT2D eigenvalue weighted by atomic mass is 10.0. The first-order chi connectivity index (χ1) is 10.2. The summed E-state index contributed by atoms with van der Waals surface area (Å²) in [5.41, 5.74) is 1.57. The molecule has 0 saturated heterocycles. The minimum atomic E-state index is -0.915. The highest BCUT2D eigenvalue weighted by Gasteiger charge is 2.15. The average molecular weight is 303 g/mol. The number of rotatable bonds is 6. The van der Waals surface area contributed by atoms with Gasteiger partial charge in [0.15, 0.2) is 0 Å². The van der Waals surface area contributed by atoms with Crippen LogP contribution in [0.15, 0.2) is 18.2 Å². The number of carboxylic acid groups (broad SMARTS) is 1. The summed E-state index contributed by atoms with van der Waals surface area (Å²) in [6, 6.07) is 5.22. The molecule has 118 valence electrons. The standard InChI is InChI=1S/C17H21NO4/c1-5-12-6-13(9-15(19)20)8-14(7-12)10-18-11-16(21)22-17(2,3)4/h1,6-8,18H,9-11H2,2-4H3,(H,19,20). The molecule has 1 aromatic carbocycles. The molecule has 0 aliphatic heterocycles. The van der Waals surface area contributed by atoms with Crippen molar-refractivity contribution >= 4 is 11.9 Å². The Balaban J connectivity index is 2.64. The number of hydrogen-bond acceptors (Lipinski definition) is 4. The molecule has 0 aliphatic carbocycles. The van der Waals surface area contributed by atoms with Crippen LogP contribution >= 0.6 is 0 Å². The van der Waals surface area contributed by atoms with Crippen LogP contribution in [0.3, 0.4) is 0 Å². The van der Waals surface area contributed by atoms with Crippen LogP contribution in [-0.2, 0) is 27.3 Å². The second kappa shape index (κ2) is 7.62. The molecule has 0 radical (unpaired) electrons. The van der Waals surface area contributed by atoms with Crippen LogP contribution in [0.25, 0.3) is 0 Å². The van der Waals surface area contributed by atoms with E-state index in [0.717, 1.165) is 5.56 Å². The number of esters is 1. The second-order valence-electron chi connectivity index (χ2n) is 5.94. The van der Waals surface area contributed by atoms with Crippen LogP contribution in [0, 0.1) is 12.3 Å². The summed E-state index contributed by atoms with van der Waals surface area (Å²) in [5.74, 6) is 1.24. The summed E-state index contributed by atoms with van der Waals surface area (Å²) in [6.07, 6.45) is 5.28. The highest BCUT2D eigenvalue weighted by Crippen LogP contribution is 2.11. The SMILES string of the molecule is C#Cc1cc(CNCC(=O)OC(C)(C)C)cc(CC(=O)O)c1. The molecule has 22 heavy (non-hydrogen) atoms. The van der Waals surface area contributed by atoms with Crippen molar-refractivity contribution in [1.82, 2.24) is 5.32 Å². The smallest absolute Gasteiger partial charge is 0.320 e. The molecule has 0 unspecified atom stereocenters. The molecule has 0 atom stereocenters. The third-order valence-electron chi connectivity index (χ3n) is 2.59. The van der Waals surface area contributed by atoms with E-state index in [-0.39, 0.29) is 18.9 Å². The lowest BCUT2D eigenvalue weighted by Crippen LogP contribution is -2.31. The van der Waals surface area contributed by atoms with Crippen LogP contribution in [0.4, 0.5) is 0 Å². The van der Waals surface area contributed by atoms with Gasteiger partial charge in [-0.15, -0.1) is 6.42 Å². The fraction of sp³-hybridized carbons (Fsp3) is 0.412. The van der Waals surface area contributed by atoms with E-state index >= 15 is 0 Å². The lowest BCUT2D eigenvalue weighted by molar-refractivity contribution is -0.153. The molecule has 0 saturated carbocycles. The first-order valence-corrected chi connectivity index (χ1v) is 6.93. The van der Waals surface area contributed by atoms with Crippen molar-refractivity contribution in [3.05, 3.63) is 34.9 Å². The number of terminal acetylenes is 1. The van der Waals surface area contributed by atoms with E-state index in [2.05, 4.69) is 11.2 Å². The minimum absolute atomic E-state index is 0.0752. The van der Waals surface area contributed by atoms with E-state index < -0.39 is 11.6 Å². The van der Waals surface area contributed by atoms with E-state index in [1.807, 2.05) is 0 Å². The fourth-order valence-electron chi connectivity index (χ4n) is 1.91. The predicted molar refractivity (Wildman–Crippen MR) is 83.3 cm³/mol. The van der Waals surface area contributed by atoms with Gasteiger partial charge in [0.05, 0.1) is 13.0 Å². The van der Waals surface area contributed by atoms with Gasteiger partial charge in [0.2, 0.25) is 0 Å². The maximum atomic E-state index is 11.6. The van der Waals surface area contributed by atoms with Crippen LogP contribution < -0.4 is 5.32 Å². The molecule has 1 aromatic rings. The van der Waals surface area contributed by atoms with E-state index in [1.54, 1.807) is 39.0 Å². The highest BCUT2D eigenvalue weighted by molar-refractivity contribution is 5.72. The average Bonchev–Trinajstić information content (AvgIpc) is 2.35. The molecular formula is C17H21NO4. The summed E-state index contributed by atoms with van der Waals surface area (Å²) in [6.45, 7) is 5.89. The Morgan fingerprint density at radius 3 is 2.45 bits per heavy atom. The second-order valence-corrected chi connectivity index (χ2v) is 5.94. The Kier molecular flexibility index (Phi) is 6.14. The zero-order chi connectivity index (χ0) is 16.8. The number of hydrogen-bond donors (Lipinski definition) is 2. The van der Waals surface area contributed by atoms with Crippen LogP contribution in [0.5, 0.6) is 0 Å². The summed E-state index contributed by atoms with van der Waals surface area (Å²) < 4.78 is 5.19. The molecule has 0 fully saturated rings. The zero-order valence-corrected chi connectivity index (χ0v) is 13.1. The van der Waals surface area contributed by atoms with Gasteiger partial charge in [-0.1, -0.05) is 12.0 Å². The van der Waals surface area contributed by atoms with E-state index in [1.165, 1.54) is 0 Å². The van der Waals surface area contributed by atoms with Gasteiger partial charge in [-0.2, -0.15) is 0 Å². The van der Waals surface area contributed by atoms with Gasteiger partial charge in [-0.25, -0.2) is 0 Å². The van der Waals surface area contributed by atoms with Gasteiger partial charge in [0.25, 0.3) is 0 Å². The van der Waals surface area contributed by atoms with Gasteiger partial charge in [0.1, 0.15) is 5.60 Å². The summed E-state index contributed by atoms with van der Waals surface area (Å²) in [4.78, 5) is 22.4. The molecule has 0 aliphatic rings. The fourth-order valence-corrected chi connectivity index (χ4v) is 1.91. The Morgan fingerprint density at radius 1 is 1.27 bits per heavy atom. The molecule has 1 rings (SSSR count). The Labute approximate surface area is 130 Å². The summed E-state index contributed by atoms with van der Waals surface area (Å²) in [5, 5.41) is 11.8. The first-order valence-electron chi connectivity index (χ1n) is 6.93. The van der Waals surface area contributed by atoms with Crippen molar-refractivity contribution in [2.45, 2.75) is 39.3 Å². The van der Waals surface area contributed by atoms with Gasteiger partial charge in [-0.3, -0.25) is 9.59 Å². The maximum Gasteiger partial charge on any atom is 0.320 e. The van der Waals surface area contributed by atoms with Crippen molar-refractivity contribution in [3.8, 4) is 12.3 Å². The topological polar surface area (TPSA) is 75.6 Å². The van der Waals surface area contributed by atoms with Crippen LogP contribution in [0.2, 0.25) is 0 Å². The van der Waals surface area contributed by atoms with Gasteiger partial charge in [0, 0.05) is 12.1 Å². The lowest BCUT2D eigenvalue weighted by Gasteiger charge is -2.19. The van der Waals surface area contributed by atoms with Crippen LogP contribution in [-0.4, -0.2) is 29.2 Å². The summed E-state index contributed by atoms with van der Waals surface area (Å²) in [7, 11) is 0. The van der Waals surface area contributed by atoms with Crippen LogP contribution in [0.1, 0.15) is 37.5 Å². The van der Waals surface area contributed by atoms with Crippen molar-refractivity contribution in [3.63, 3.8) is 0 Å². The highest BCUT2D eigenvalue weighted by atomic mass is 16.6. The molecule has 0 bridgehead atoms. The van der Waals surface area contributed by atoms with Crippen molar-refractivity contribution in [2.24, 2.45) is 0 Å². The summed E-state index contributed by atoms with van der Waals surface area (Å²) >= 11 is 0. The Morgan fingerprint density at radius 2 is 1.91 bits per heavy atom. The minimum Gasteiger partial charge on any atom is -0.481 e. The van der Waals surface area contributed by atoms with Crippen molar-refractivity contribution < 1.29 is 19.4 Å². The van der Waals surface area contributed by atoms with E-state index in [0.29, 0.717) is 17.7 Å². The molecule has 2 N–H and O–H groups in total. The molecule has 0 amide bonds. The number of ether oxygens (including phenoxy) is 1. The molecule has 0 heterocycles. The van der Waals surface area contributed by atoms with Gasteiger partial charge in [-0.05, 0) is 44.0 Å². The predicted octanol–water partition coefficient (Wildman–Crippen LogP) is 1.73. The Bertz CT molecular complexity index is 594. The molecule has 0 spiro atoms. The number of carbonyl (C=O) groups is 2. The van der Waals surface area contributed by atoms with Gasteiger partial charge < -0.3 is 15.2 Å². The van der Waals surface area contributed by atoms with E-state index in [4.69, 9.17) is 16.3 Å². The first kappa shape index (κ1) is 17.7. The van der Waals surface area contributed by atoms with E-state index in [9.17, 15) is 9.59 Å². The number of carbonyl (C=O) groups excluding carboxylic acids is 1. The number of benzene rings is 1. The molecule has 5 nitrogen and oxygen atoms in total. The molecule has 0 aromatic heterocycles. The quantitative estimate of drug-likeness (QED) is 0.618. The molecule has 5 heteroatoms. The molecular weight excluding hydrogens is 282 g/mol. The zero-order valence-electron chi connectivity index (χ0n) is 13.1. The maximum absolute atomic E-state index is 11.6. The van der Waals surface area contributed by atoms with Crippen molar-refractivity contribution in [2.75, 3.05) is 6.54 Å². The third kappa shape index (κ3) is 6.91. The largest absolute Gasteiger partial charge is 0.481 e. The number of nitrogens with one attached hydrogen (secondary N) is 1. The number of aliphatic carboxylic acids is 1.